The molecule has 9 aromatic rings. The van der Waals surface area contributed by atoms with Crippen molar-refractivity contribution < 1.29 is 0 Å². The van der Waals surface area contributed by atoms with Gasteiger partial charge < -0.3 is 9.88 Å². The van der Waals surface area contributed by atoms with Crippen LogP contribution >= 0.6 is 11.3 Å². The van der Waals surface area contributed by atoms with Crippen molar-refractivity contribution in [1.29, 1.82) is 0 Å². The summed E-state index contributed by atoms with van der Waals surface area (Å²) in [6, 6.07) is 50.4. The Labute approximate surface area is 241 Å². The lowest BCUT2D eigenvalue weighted by atomic mass is 9.96. The van der Waals surface area contributed by atoms with Crippen molar-refractivity contribution in [2.45, 2.75) is 0 Å². The number of para-hydroxylation sites is 2. The van der Waals surface area contributed by atoms with Crippen LogP contribution in [0.25, 0.3) is 63.9 Å². The van der Waals surface area contributed by atoms with Gasteiger partial charge in [0.1, 0.15) is 0 Å². The molecule has 0 saturated heterocycles. The van der Waals surface area contributed by atoms with Crippen molar-refractivity contribution in [3.05, 3.63) is 140 Å². The highest BCUT2D eigenvalue weighted by Gasteiger charge is 2.19. The van der Waals surface area contributed by atoms with E-state index in [1.165, 1.54) is 63.9 Å². The Morgan fingerprint density at radius 3 is 1.85 bits per heavy atom. The van der Waals surface area contributed by atoms with Crippen LogP contribution in [-0.4, -0.2) is 4.98 Å². The van der Waals surface area contributed by atoms with Gasteiger partial charge in [-0.2, -0.15) is 0 Å². The van der Waals surface area contributed by atoms with Gasteiger partial charge in [-0.3, -0.25) is 0 Å². The second-order valence-electron chi connectivity index (χ2n) is 10.7. The van der Waals surface area contributed by atoms with Crippen molar-refractivity contribution in [2.24, 2.45) is 0 Å². The highest BCUT2D eigenvalue weighted by Crippen LogP contribution is 2.46. The second-order valence-corrected chi connectivity index (χ2v) is 11.7. The molecule has 0 radical (unpaired) electrons. The maximum atomic E-state index is 3.86. The number of anilines is 3. The first kappa shape index (κ1) is 22.7. The minimum atomic E-state index is 1.15. The lowest BCUT2D eigenvalue weighted by Gasteiger charge is -2.25. The van der Waals surface area contributed by atoms with Gasteiger partial charge in [0.15, 0.2) is 0 Å². The highest BCUT2D eigenvalue weighted by atomic mass is 32.1. The molecular weight excluding hydrogens is 516 g/mol. The maximum Gasteiger partial charge on any atom is 0.0652 e. The van der Waals surface area contributed by atoms with Crippen LogP contribution in [0.15, 0.2) is 140 Å². The van der Waals surface area contributed by atoms with Crippen LogP contribution in [0.3, 0.4) is 0 Å². The third-order valence-electron chi connectivity index (χ3n) is 8.29. The molecule has 0 aliphatic heterocycles. The predicted octanol–water partition coefficient (Wildman–Crippen LogP) is 11.4. The number of benzene rings is 7. The minimum absolute atomic E-state index is 1.15. The molecule has 7 aromatic carbocycles. The molecule has 9 rings (SSSR count). The summed E-state index contributed by atoms with van der Waals surface area (Å²) in [4.78, 5) is 6.20. The van der Waals surface area contributed by atoms with Crippen molar-refractivity contribution in [3.63, 3.8) is 0 Å². The summed E-state index contributed by atoms with van der Waals surface area (Å²) in [5.74, 6) is 0. The number of H-pyrrole nitrogens is 1. The van der Waals surface area contributed by atoms with Gasteiger partial charge >= 0.3 is 0 Å². The number of aromatic nitrogens is 1. The standard InChI is InChI=1S/C38H24N2S/c1-4-10-24(11-5-1)27-20-25-16-17-26-21-32-31-23-30(40(28-12-6-2-7-13-28)29-14-8-3-9-15-29)18-19-34(31)41-38(32)37-36(26)35(25)33(22-27)39-37/h1-23,39H. The zero-order valence-electron chi connectivity index (χ0n) is 22.1. The zero-order valence-corrected chi connectivity index (χ0v) is 23.0. The van der Waals surface area contributed by atoms with Gasteiger partial charge in [0, 0.05) is 48.8 Å². The smallest absolute Gasteiger partial charge is 0.0652 e. The first-order valence-corrected chi connectivity index (χ1v) is 14.8. The molecule has 41 heavy (non-hydrogen) atoms. The fraction of sp³-hybridized carbons (Fsp3) is 0. The third-order valence-corrected chi connectivity index (χ3v) is 9.49. The maximum absolute atomic E-state index is 3.86. The molecule has 2 aromatic heterocycles. The Kier molecular flexibility index (Phi) is 4.80. The second kappa shape index (κ2) is 8.69. The largest absolute Gasteiger partial charge is 0.353 e. The molecule has 2 heterocycles. The summed E-state index contributed by atoms with van der Waals surface area (Å²) >= 11 is 1.88. The average Bonchev–Trinajstić information content (AvgIpc) is 3.60. The monoisotopic (exact) mass is 540 g/mol. The Hall–Kier alpha value is -5.12. The molecule has 0 amide bonds. The van der Waals surface area contributed by atoms with Gasteiger partial charge in [0.25, 0.3) is 0 Å². The van der Waals surface area contributed by atoms with Crippen molar-refractivity contribution in [2.75, 3.05) is 4.90 Å². The molecule has 2 nitrogen and oxygen atoms in total. The van der Waals surface area contributed by atoms with E-state index in [4.69, 9.17) is 0 Å². The fourth-order valence-electron chi connectivity index (χ4n) is 6.46. The van der Waals surface area contributed by atoms with Crippen LogP contribution in [0.1, 0.15) is 0 Å². The van der Waals surface area contributed by atoms with E-state index < -0.39 is 0 Å². The van der Waals surface area contributed by atoms with Crippen molar-refractivity contribution >= 4 is 81.1 Å². The summed E-state index contributed by atoms with van der Waals surface area (Å²) in [7, 11) is 0. The first-order chi connectivity index (χ1) is 20.3. The molecule has 0 unspecified atom stereocenters. The number of aromatic amines is 1. The van der Waals surface area contributed by atoms with Crippen LogP contribution in [0.2, 0.25) is 0 Å². The number of hydrogen-bond donors (Lipinski definition) is 1. The average molecular weight is 541 g/mol. The van der Waals surface area contributed by atoms with E-state index in [1.54, 1.807) is 0 Å². The number of rotatable bonds is 4. The molecule has 0 aliphatic rings. The summed E-state index contributed by atoms with van der Waals surface area (Å²) in [5.41, 5.74) is 8.38. The van der Waals surface area contributed by atoms with E-state index in [0.29, 0.717) is 0 Å². The van der Waals surface area contributed by atoms with E-state index in [1.807, 2.05) is 11.3 Å². The lowest BCUT2D eigenvalue weighted by molar-refractivity contribution is 1.29. The van der Waals surface area contributed by atoms with Gasteiger partial charge in [-0.05, 0) is 82.6 Å². The van der Waals surface area contributed by atoms with Crippen LogP contribution in [0.5, 0.6) is 0 Å². The molecular formula is C38H24N2S. The molecule has 1 N–H and O–H groups in total. The van der Waals surface area contributed by atoms with Crippen molar-refractivity contribution in [3.8, 4) is 11.1 Å². The number of nitrogens with zero attached hydrogens (tertiary/aromatic N) is 1. The third kappa shape index (κ3) is 3.43. The molecule has 0 spiro atoms. The van der Waals surface area contributed by atoms with E-state index >= 15 is 0 Å². The molecule has 0 fully saturated rings. The van der Waals surface area contributed by atoms with Crippen LogP contribution < -0.4 is 4.90 Å². The van der Waals surface area contributed by atoms with E-state index in [0.717, 1.165) is 17.1 Å². The van der Waals surface area contributed by atoms with Gasteiger partial charge in [-0.15, -0.1) is 11.3 Å². The quantitative estimate of drug-likeness (QED) is 0.220. The summed E-state index contributed by atoms with van der Waals surface area (Å²) in [5, 5.41) is 7.83. The number of hydrogen-bond acceptors (Lipinski definition) is 2. The summed E-state index contributed by atoms with van der Waals surface area (Å²) in [6.45, 7) is 0. The van der Waals surface area contributed by atoms with Gasteiger partial charge in [0.2, 0.25) is 0 Å². The summed E-state index contributed by atoms with van der Waals surface area (Å²) in [6.07, 6.45) is 0. The Morgan fingerprint density at radius 1 is 0.488 bits per heavy atom. The fourth-order valence-corrected chi connectivity index (χ4v) is 7.63. The Balaban J connectivity index is 1.29. The molecule has 0 bridgehead atoms. The highest BCUT2D eigenvalue weighted by molar-refractivity contribution is 7.26. The van der Waals surface area contributed by atoms with Crippen LogP contribution in [0, 0.1) is 0 Å². The first-order valence-electron chi connectivity index (χ1n) is 13.9. The summed E-state index contributed by atoms with van der Waals surface area (Å²) < 4.78 is 2.62. The number of fused-ring (bicyclic) bond motifs is 4. The number of nitrogens with one attached hydrogen (secondary N) is 1. The molecule has 0 aliphatic carbocycles. The Morgan fingerprint density at radius 2 is 1.15 bits per heavy atom. The van der Waals surface area contributed by atoms with E-state index in [2.05, 4.69) is 149 Å². The van der Waals surface area contributed by atoms with Crippen LogP contribution in [-0.2, 0) is 0 Å². The molecule has 0 saturated carbocycles. The number of thiophene rings is 1. The topological polar surface area (TPSA) is 19.0 Å². The minimum Gasteiger partial charge on any atom is -0.353 e. The zero-order chi connectivity index (χ0) is 26.9. The lowest BCUT2D eigenvalue weighted by Crippen LogP contribution is -2.09. The normalized spacial score (nSPS) is 11.9. The van der Waals surface area contributed by atoms with E-state index in [-0.39, 0.29) is 0 Å². The van der Waals surface area contributed by atoms with Gasteiger partial charge in [-0.25, -0.2) is 0 Å². The van der Waals surface area contributed by atoms with Gasteiger partial charge in [-0.1, -0.05) is 78.9 Å². The molecule has 3 heteroatoms. The predicted molar refractivity (Wildman–Crippen MR) is 178 cm³/mol. The Bertz CT molecular complexity index is 2310. The van der Waals surface area contributed by atoms with Gasteiger partial charge in [0.05, 0.1) is 10.2 Å². The molecule has 0 atom stereocenters. The van der Waals surface area contributed by atoms with Crippen molar-refractivity contribution in [1.82, 2.24) is 4.98 Å². The van der Waals surface area contributed by atoms with E-state index in [9.17, 15) is 0 Å². The molecule has 192 valence electrons. The SMILES string of the molecule is c1ccc(-c2cc3ccc4cc5c6cc(N(c7ccccc7)c7ccccc7)ccc6sc5c5[nH]c(c2)c3c45)cc1. The van der Waals surface area contributed by atoms with Crippen LogP contribution in [0.4, 0.5) is 17.1 Å².